The molecule has 9 nitrogen and oxygen atoms in total. The molecule has 6 aromatic rings. The van der Waals surface area contributed by atoms with E-state index < -0.39 is 67.9 Å². The number of benzene rings is 6. The Morgan fingerprint density at radius 3 is 1.06 bits per heavy atom. The molecule has 0 fully saturated rings. The van der Waals surface area contributed by atoms with Gasteiger partial charge in [0.05, 0.1) is 12.7 Å². The van der Waals surface area contributed by atoms with Crippen molar-refractivity contribution in [2.75, 3.05) is 60.6 Å². The SMILES string of the molecule is CN(CCOc1ccc(C/C(O)=C(\O[Si](C)(C)C(C)(C)C)C(F)(F)F)cc1)CC(c1ccc(Cl)cc1)c1ccc(Cl)cc1.COC(=O)/C(Cc1ccc(OCCN(C)CC(c2ccc(Cl)cc2)c2ccc(Cl)cc2)cc1)=C(/O[Si](C)(C)C(C)(C)C)C(F)(F)F. The number of carbonyl (C=O) groups is 1. The summed E-state index contributed by atoms with van der Waals surface area (Å²) >= 11 is 24.5. The zero-order chi connectivity index (χ0) is 66.3. The number of halogens is 10. The fraction of sp³-hybridized carbons (Fsp3) is 0.397. The van der Waals surface area contributed by atoms with Crippen molar-refractivity contribution in [1.29, 1.82) is 0 Å². The Kier molecular flexibility index (Phi) is 26.7. The summed E-state index contributed by atoms with van der Waals surface area (Å²) < 4.78 is 112. The number of methoxy groups -OCH3 is 1. The van der Waals surface area contributed by atoms with Crippen LogP contribution in [0.1, 0.15) is 86.8 Å². The lowest BCUT2D eigenvalue weighted by Gasteiger charge is -2.38. The molecular formula is C68H82Cl4F6N2O7Si2. The third-order valence-electron chi connectivity index (χ3n) is 16.0. The Morgan fingerprint density at radius 1 is 0.483 bits per heavy atom. The first kappa shape index (κ1) is 74.1. The third-order valence-corrected chi connectivity index (χ3v) is 25.6. The summed E-state index contributed by atoms with van der Waals surface area (Å²) in [6, 6.07) is 44.5. The fourth-order valence-corrected chi connectivity index (χ4v) is 11.3. The molecule has 1 N–H and O–H groups in total. The predicted molar refractivity (Wildman–Crippen MR) is 353 cm³/mol. The minimum atomic E-state index is -4.87. The topological polar surface area (TPSA) is 89.9 Å². The average Bonchev–Trinajstić information content (AvgIpc) is 1.21. The van der Waals surface area contributed by atoms with Crippen LogP contribution in [-0.4, -0.2) is 110 Å². The van der Waals surface area contributed by atoms with Crippen LogP contribution in [0.5, 0.6) is 11.5 Å². The Balaban J connectivity index is 0.000000325. The Labute approximate surface area is 543 Å². The Morgan fingerprint density at radius 2 is 0.775 bits per heavy atom. The van der Waals surface area contributed by atoms with Crippen LogP contribution >= 0.6 is 46.4 Å². The smallest absolute Gasteiger partial charge is 0.451 e. The summed E-state index contributed by atoms with van der Waals surface area (Å²) in [5, 5.41) is 12.2. The summed E-state index contributed by atoms with van der Waals surface area (Å²) in [7, 11) is -0.654. The number of ether oxygens (including phenoxy) is 3. The molecule has 0 heterocycles. The van der Waals surface area contributed by atoms with Crippen molar-refractivity contribution in [3.8, 4) is 11.5 Å². The number of nitrogens with zero attached hydrogens (tertiary/aromatic N) is 2. The number of aliphatic hydroxyl groups excluding tert-OH is 1. The molecule has 0 saturated heterocycles. The Bertz CT molecular complexity index is 3170. The second-order valence-electron chi connectivity index (χ2n) is 25.0. The summed E-state index contributed by atoms with van der Waals surface area (Å²) in [6.45, 7) is 21.4. The highest BCUT2D eigenvalue weighted by molar-refractivity contribution is 6.74. The lowest BCUT2D eigenvalue weighted by atomic mass is 9.91. The second-order valence-corrected chi connectivity index (χ2v) is 36.2. The fourth-order valence-electron chi connectivity index (χ4n) is 8.67. The van der Waals surface area contributed by atoms with Crippen molar-refractivity contribution in [3.63, 3.8) is 0 Å². The molecule has 0 aliphatic heterocycles. The maximum atomic E-state index is 14.3. The number of alkyl halides is 6. The highest BCUT2D eigenvalue weighted by atomic mass is 35.5. The highest BCUT2D eigenvalue weighted by Gasteiger charge is 2.49. The van der Waals surface area contributed by atoms with Gasteiger partial charge in [0.2, 0.25) is 14.1 Å². The lowest BCUT2D eigenvalue weighted by molar-refractivity contribution is -0.140. The van der Waals surface area contributed by atoms with Crippen molar-refractivity contribution in [2.45, 2.75) is 115 Å². The van der Waals surface area contributed by atoms with Crippen LogP contribution in [0.15, 0.2) is 168 Å². The summed E-state index contributed by atoms with van der Waals surface area (Å²) in [5.74, 6) is -3.18. The maximum Gasteiger partial charge on any atom is 0.451 e. The molecule has 484 valence electrons. The monoisotopic (exact) mass is 1350 g/mol. The van der Waals surface area contributed by atoms with E-state index in [2.05, 4.69) is 9.80 Å². The van der Waals surface area contributed by atoms with Gasteiger partial charge in [-0.15, -0.1) is 0 Å². The predicted octanol–water partition coefficient (Wildman–Crippen LogP) is 19.7. The van der Waals surface area contributed by atoms with Crippen molar-refractivity contribution >= 4 is 69.0 Å². The zero-order valence-electron chi connectivity index (χ0n) is 52.7. The standard InChI is InChI=1S/C35H42Cl2F3NO4Si.C33H40Cl2F3NO3Si/c1-34(2,3)46(6,7)45-32(35(38,39)40)30(33(42)43-5)22-24-8-18-29(19-9-24)44-21-20-41(4)23-31(25-10-14-27(36)15-11-25)26-12-16-28(37)17-13-26;1-32(2,3)43(5,6)42-31(33(36,37)38)30(40)21-23-7-17-28(18-8-23)41-20-19-39(4)22-29(24-9-13-26(34)14-10-24)25-11-15-27(35)16-12-25/h8-19,31H,20-23H2,1-7H3;7-18,29,40H,19-22H2,1-6H3/b32-30+;31-30+. The van der Waals surface area contributed by atoms with E-state index in [9.17, 15) is 36.2 Å². The number of hydrogen-bond acceptors (Lipinski definition) is 9. The number of allylic oxidation sites excluding steroid dienone is 3. The van der Waals surface area contributed by atoms with Gasteiger partial charge in [-0.3, -0.25) is 0 Å². The van der Waals surface area contributed by atoms with Crippen LogP contribution in [0.25, 0.3) is 0 Å². The van der Waals surface area contributed by atoms with Crippen LogP contribution < -0.4 is 9.47 Å². The van der Waals surface area contributed by atoms with Gasteiger partial charge in [-0.1, -0.05) is 161 Å². The Hall–Kier alpha value is -5.64. The van der Waals surface area contributed by atoms with Crippen molar-refractivity contribution in [2.24, 2.45) is 0 Å². The molecule has 6 rings (SSSR count). The van der Waals surface area contributed by atoms with Crippen LogP contribution in [0.3, 0.4) is 0 Å². The summed E-state index contributed by atoms with van der Waals surface area (Å²) in [6.07, 6.45) is -10.3. The maximum absolute atomic E-state index is 14.3. The molecule has 0 aliphatic carbocycles. The van der Waals surface area contributed by atoms with E-state index in [1.54, 1.807) is 74.7 Å². The average molecular weight is 1350 g/mol. The van der Waals surface area contributed by atoms with Crippen molar-refractivity contribution in [1.82, 2.24) is 9.80 Å². The molecule has 0 bridgehead atoms. The number of hydrogen-bond donors (Lipinski definition) is 1. The zero-order valence-corrected chi connectivity index (χ0v) is 57.8. The van der Waals surface area contributed by atoms with Gasteiger partial charge in [0, 0.05) is 70.9 Å². The third kappa shape index (κ3) is 22.9. The van der Waals surface area contributed by atoms with E-state index in [1.807, 2.05) is 153 Å². The minimum absolute atomic E-state index is 0.0816. The number of rotatable bonds is 25. The first-order valence-electron chi connectivity index (χ1n) is 29.0. The van der Waals surface area contributed by atoms with Gasteiger partial charge < -0.3 is 38.0 Å². The lowest BCUT2D eigenvalue weighted by Crippen LogP contribution is -2.43. The van der Waals surface area contributed by atoms with E-state index in [-0.39, 0.29) is 24.7 Å². The first-order chi connectivity index (χ1) is 41.4. The van der Waals surface area contributed by atoms with Crippen LogP contribution in [0.4, 0.5) is 26.3 Å². The molecule has 89 heavy (non-hydrogen) atoms. The van der Waals surface area contributed by atoms with E-state index >= 15 is 0 Å². The quantitative estimate of drug-likeness (QED) is 0.0198. The summed E-state index contributed by atoms with van der Waals surface area (Å²) in [4.78, 5) is 16.9. The molecule has 0 aliphatic rings. The molecule has 21 heteroatoms. The van der Waals surface area contributed by atoms with Gasteiger partial charge in [0.25, 0.3) is 8.32 Å². The van der Waals surface area contributed by atoms with Gasteiger partial charge in [0.1, 0.15) is 30.5 Å². The van der Waals surface area contributed by atoms with Crippen molar-refractivity contribution < 1.29 is 59.3 Å². The molecule has 0 aromatic heterocycles. The first-order valence-corrected chi connectivity index (χ1v) is 36.3. The van der Waals surface area contributed by atoms with E-state index in [0.29, 0.717) is 75.6 Å². The molecule has 0 atom stereocenters. The highest BCUT2D eigenvalue weighted by Crippen LogP contribution is 2.44. The van der Waals surface area contributed by atoms with E-state index in [4.69, 9.17) is 69.5 Å². The minimum Gasteiger partial charge on any atom is -0.540 e. The summed E-state index contributed by atoms with van der Waals surface area (Å²) in [5.41, 5.74) is 4.95. The van der Waals surface area contributed by atoms with Crippen LogP contribution in [0, 0.1) is 0 Å². The van der Waals surface area contributed by atoms with Crippen LogP contribution in [0.2, 0.25) is 56.4 Å². The number of esters is 1. The normalized spacial score (nSPS) is 13.2. The molecule has 0 saturated carbocycles. The molecule has 0 radical (unpaired) electrons. The van der Waals surface area contributed by atoms with Gasteiger partial charge in [-0.25, -0.2) is 4.79 Å². The van der Waals surface area contributed by atoms with Gasteiger partial charge in [0.15, 0.2) is 5.76 Å². The molecule has 0 spiro atoms. The van der Waals surface area contributed by atoms with E-state index in [1.165, 1.54) is 0 Å². The molecule has 6 aromatic carbocycles. The number of carbonyl (C=O) groups excluding carboxylic acids is 1. The van der Waals surface area contributed by atoms with Gasteiger partial charge >= 0.3 is 18.3 Å². The van der Waals surface area contributed by atoms with Gasteiger partial charge in [-0.2, -0.15) is 26.3 Å². The largest absolute Gasteiger partial charge is 0.540 e. The molecule has 0 unspecified atom stereocenters. The molecule has 0 amide bonds. The number of likely N-dealkylation sites (N-methyl/N-ethyl adjacent to an activating group) is 2. The van der Waals surface area contributed by atoms with Crippen LogP contribution in [-0.2, 0) is 31.2 Å². The van der Waals surface area contributed by atoms with Crippen molar-refractivity contribution in [3.05, 3.63) is 222 Å². The van der Waals surface area contributed by atoms with Gasteiger partial charge in [-0.05, 0) is 157 Å². The number of aliphatic hydroxyl groups is 1. The second kappa shape index (κ2) is 32.1. The van der Waals surface area contributed by atoms with E-state index in [0.717, 1.165) is 35.9 Å². The molecular weight excluding hydrogens is 1270 g/mol.